The van der Waals surface area contributed by atoms with Crippen LogP contribution in [0.25, 0.3) is 0 Å². The van der Waals surface area contributed by atoms with Gasteiger partial charge in [0.25, 0.3) is 0 Å². The Morgan fingerprint density at radius 3 is 2.79 bits per heavy atom. The second-order valence-electron chi connectivity index (χ2n) is 7.85. The Bertz CT molecular complexity index is 949. The molecule has 152 valence electrons. The van der Waals surface area contributed by atoms with Crippen molar-refractivity contribution in [1.29, 1.82) is 5.26 Å². The molecule has 29 heavy (non-hydrogen) atoms. The molecule has 0 fully saturated rings. The zero-order valence-electron chi connectivity index (χ0n) is 16.8. The number of nitriles is 1. The molecule has 1 aromatic carbocycles. The summed E-state index contributed by atoms with van der Waals surface area (Å²) in [6.45, 7) is 6.92. The summed E-state index contributed by atoms with van der Waals surface area (Å²) in [5.74, 6) is 0.720. The average Bonchev–Trinajstić information content (AvgIpc) is 2.67. The lowest BCUT2D eigenvalue weighted by Crippen LogP contribution is -2.40. The zero-order valence-corrected chi connectivity index (χ0v) is 17.6. The number of rotatable bonds is 4. The quantitative estimate of drug-likeness (QED) is 0.815. The van der Waals surface area contributed by atoms with E-state index in [4.69, 9.17) is 16.3 Å². The van der Waals surface area contributed by atoms with E-state index in [-0.39, 0.29) is 11.9 Å². The summed E-state index contributed by atoms with van der Waals surface area (Å²) in [4.78, 5) is 22.7. The highest BCUT2D eigenvalue weighted by molar-refractivity contribution is 6.31. The van der Waals surface area contributed by atoms with Gasteiger partial charge in [-0.05, 0) is 45.2 Å². The fourth-order valence-corrected chi connectivity index (χ4v) is 3.36. The SMILES string of the molecule is CC(C)(C)OC(=O)N1CCc2c(nc(C#N)nc2NCCc2ccccc2Cl)C1. The van der Waals surface area contributed by atoms with Crippen LogP contribution in [0.15, 0.2) is 24.3 Å². The lowest BCUT2D eigenvalue weighted by Gasteiger charge is -2.31. The Morgan fingerprint density at radius 2 is 2.10 bits per heavy atom. The number of benzene rings is 1. The first kappa shape index (κ1) is 20.9. The van der Waals surface area contributed by atoms with Crippen LogP contribution in [0.3, 0.4) is 0 Å². The van der Waals surface area contributed by atoms with Gasteiger partial charge in [0.2, 0.25) is 5.82 Å². The van der Waals surface area contributed by atoms with Gasteiger partial charge in [0.1, 0.15) is 17.5 Å². The number of aromatic nitrogens is 2. The molecule has 8 heteroatoms. The topological polar surface area (TPSA) is 91.1 Å². The Hall–Kier alpha value is -2.85. The van der Waals surface area contributed by atoms with Crippen molar-refractivity contribution in [3.63, 3.8) is 0 Å². The number of ether oxygens (including phenoxy) is 1. The number of nitrogens with one attached hydrogen (secondary N) is 1. The molecule has 1 aliphatic rings. The molecule has 2 heterocycles. The van der Waals surface area contributed by atoms with Crippen molar-refractivity contribution < 1.29 is 9.53 Å². The van der Waals surface area contributed by atoms with Gasteiger partial charge in [-0.2, -0.15) is 5.26 Å². The number of hydrogen-bond acceptors (Lipinski definition) is 6. The highest BCUT2D eigenvalue weighted by Gasteiger charge is 2.28. The van der Waals surface area contributed by atoms with E-state index in [1.165, 1.54) is 0 Å². The van der Waals surface area contributed by atoms with Crippen LogP contribution >= 0.6 is 11.6 Å². The number of hydrogen-bond donors (Lipinski definition) is 1. The molecule has 0 atom stereocenters. The molecule has 1 aliphatic heterocycles. The Morgan fingerprint density at radius 1 is 1.34 bits per heavy atom. The minimum atomic E-state index is -0.563. The first-order chi connectivity index (χ1) is 13.8. The van der Waals surface area contributed by atoms with E-state index in [2.05, 4.69) is 15.3 Å². The number of carbonyl (C=O) groups is 1. The lowest BCUT2D eigenvalue weighted by molar-refractivity contribution is 0.0221. The molecule has 0 saturated carbocycles. The van der Waals surface area contributed by atoms with Crippen LogP contribution in [0.4, 0.5) is 10.6 Å². The summed E-state index contributed by atoms with van der Waals surface area (Å²) in [5, 5.41) is 13.3. The van der Waals surface area contributed by atoms with E-state index < -0.39 is 5.60 Å². The van der Waals surface area contributed by atoms with Crippen LogP contribution < -0.4 is 5.32 Å². The van der Waals surface area contributed by atoms with Gasteiger partial charge < -0.3 is 15.0 Å². The van der Waals surface area contributed by atoms with Crippen molar-refractivity contribution in [1.82, 2.24) is 14.9 Å². The van der Waals surface area contributed by atoms with Gasteiger partial charge in [0.15, 0.2) is 0 Å². The standard InChI is InChI=1S/C21H24ClN5O2/c1-21(2,3)29-20(28)27-11-9-15-17(13-27)25-18(12-23)26-19(15)24-10-8-14-6-4-5-7-16(14)22/h4-7H,8-11,13H2,1-3H3,(H,24,25,26). The molecule has 2 aromatic rings. The van der Waals surface area contributed by atoms with Crippen molar-refractivity contribution in [2.75, 3.05) is 18.4 Å². The van der Waals surface area contributed by atoms with E-state index in [9.17, 15) is 10.1 Å². The number of anilines is 1. The minimum Gasteiger partial charge on any atom is -0.444 e. The minimum absolute atomic E-state index is 0.0787. The molecule has 0 saturated heterocycles. The number of carbonyl (C=O) groups excluding carboxylic acids is 1. The Labute approximate surface area is 175 Å². The molecule has 0 bridgehead atoms. The molecular weight excluding hydrogens is 390 g/mol. The van der Waals surface area contributed by atoms with Crippen LogP contribution in [0.1, 0.15) is 43.4 Å². The molecule has 3 rings (SSSR count). The highest BCUT2D eigenvalue weighted by Crippen LogP contribution is 2.25. The summed E-state index contributed by atoms with van der Waals surface area (Å²) < 4.78 is 5.45. The smallest absolute Gasteiger partial charge is 0.410 e. The zero-order chi connectivity index (χ0) is 21.0. The maximum absolute atomic E-state index is 12.4. The molecule has 7 nitrogen and oxygen atoms in total. The maximum atomic E-state index is 12.4. The number of nitrogens with zero attached hydrogens (tertiary/aromatic N) is 4. The first-order valence-corrected chi connectivity index (χ1v) is 9.89. The van der Waals surface area contributed by atoms with Gasteiger partial charge in [0.05, 0.1) is 12.2 Å². The normalized spacial score (nSPS) is 13.4. The molecule has 0 spiro atoms. The van der Waals surface area contributed by atoms with Crippen LogP contribution in [0.5, 0.6) is 0 Å². The molecule has 0 radical (unpaired) electrons. The summed E-state index contributed by atoms with van der Waals surface area (Å²) in [5.41, 5.74) is 2.09. The summed E-state index contributed by atoms with van der Waals surface area (Å²) in [6, 6.07) is 9.70. The molecule has 1 aromatic heterocycles. The Kier molecular flexibility index (Phi) is 6.23. The number of fused-ring (bicyclic) bond motifs is 1. The van der Waals surface area contributed by atoms with Crippen LogP contribution in [-0.2, 0) is 24.1 Å². The molecular formula is C21H24ClN5O2. The van der Waals surface area contributed by atoms with Gasteiger partial charge in [-0.25, -0.2) is 14.8 Å². The summed E-state index contributed by atoms with van der Waals surface area (Å²) in [7, 11) is 0. The predicted molar refractivity (Wildman–Crippen MR) is 111 cm³/mol. The fraction of sp³-hybridized carbons (Fsp3) is 0.429. The summed E-state index contributed by atoms with van der Waals surface area (Å²) >= 11 is 6.21. The van der Waals surface area contributed by atoms with Crippen molar-refractivity contribution in [3.05, 3.63) is 51.9 Å². The third kappa shape index (κ3) is 5.36. The summed E-state index contributed by atoms with van der Waals surface area (Å²) in [6.07, 6.45) is 0.938. The lowest BCUT2D eigenvalue weighted by atomic mass is 10.1. The van der Waals surface area contributed by atoms with Gasteiger partial charge in [-0.15, -0.1) is 0 Å². The first-order valence-electron chi connectivity index (χ1n) is 9.52. The van der Waals surface area contributed by atoms with Crippen LogP contribution in [0.2, 0.25) is 5.02 Å². The van der Waals surface area contributed by atoms with E-state index >= 15 is 0 Å². The monoisotopic (exact) mass is 413 g/mol. The highest BCUT2D eigenvalue weighted by atomic mass is 35.5. The molecule has 0 unspecified atom stereocenters. The fourth-order valence-electron chi connectivity index (χ4n) is 3.13. The van der Waals surface area contributed by atoms with Crippen LogP contribution in [0, 0.1) is 11.3 Å². The largest absolute Gasteiger partial charge is 0.444 e. The molecule has 1 amide bonds. The molecule has 1 N–H and O–H groups in total. The van der Waals surface area contributed by atoms with E-state index in [1.807, 2.05) is 51.1 Å². The second-order valence-corrected chi connectivity index (χ2v) is 8.26. The van der Waals surface area contributed by atoms with Crippen molar-refractivity contribution in [2.45, 2.75) is 45.8 Å². The predicted octanol–water partition coefficient (Wildman–Crippen LogP) is 3.95. The third-order valence-electron chi connectivity index (χ3n) is 4.46. The van der Waals surface area contributed by atoms with E-state index in [1.54, 1.807) is 4.90 Å². The van der Waals surface area contributed by atoms with Crippen molar-refractivity contribution in [3.8, 4) is 6.07 Å². The second kappa shape index (κ2) is 8.66. The van der Waals surface area contributed by atoms with E-state index in [0.29, 0.717) is 37.6 Å². The van der Waals surface area contributed by atoms with Gasteiger partial charge in [-0.1, -0.05) is 29.8 Å². The van der Waals surface area contributed by atoms with Crippen LogP contribution in [-0.4, -0.2) is 39.7 Å². The maximum Gasteiger partial charge on any atom is 0.410 e. The van der Waals surface area contributed by atoms with Gasteiger partial charge >= 0.3 is 6.09 Å². The average molecular weight is 414 g/mol. The van der Waals surface area contributed by atoms with Gasteiger partial charge in [0, 0.05) is 23.7 Å². The molecule has 0 aliphatic carbocycles. The van der Waals surface area contributed by atoms with Gasteiger partial charge in [-0.3, -0.25) is 0 Å². The van der Waals surface area contributed by atoms with Crippen molar-refractivity contribution in [2.24, 2.45) is 0 Å². The number of halogens is 1. The Balaban J connectivity index is 1.74. The van der Waals surface area contributed by atoms with Crippen molar-refractivity contribution >= 4 is 23.5 Å². The number of amides is 1. The third-order valence-corrected chi connectivity index (χ3v) is 4.83. The van der Waals surface area contributed by atoms with E-state index in [0.717, 1.165) is 22.6 Å².